The Morgan fingerprint density at radius 2 is 1.84 bits per heavy atom. The maximum atomic E-state index is 9.69. The lowest BCUT2D eigenvalue weighted by atomic mass is 10.0. The van der Waals surface area contributed by atoms with E-state index in [1.54, 1.807) is 0 Å². The Bertz CT molecular complexity index is 943. The molecule has 1 fully saturated rings. The fourth-order valence-corrected chi connectivity index (χ4v) is 4.41. The highest BCUT2D eigenvalue weighted by molar-refractivity contribution is 5.62. The molecule has 0 spiro atoms. The van der Waals surface area contributed by atoms with E-state index in [0.717, 1.165) is 56.2 Å². The van der Waals surface area contributed by atoms with Gasteiger partial charge in [-0.15, -0.1) is 0 Å². The van der Waals surface area contributed by atoms with E-state index < -0.39 is 0 Å². The molecule has 4 rings (SSSR count). The Morgan fingerprint density at radius 3 is 2.65 bits per heavy atom. The number of para-hydroxylation sites is 1. The Morgan fingerprint density at radius 1 is 1.03 bits per heavy atom. The van der Waals surface area contributed by atoms with Crippen molar-refractivity contribution in [3.8, 4) is 17.0 Å². The smallest absolute Gasteiger partial charge is 0.123 e. The van der Waals surface area contributed by atoms with Gasteiger partial charge in [-0.25, -0.2) is 0 Å². The van der Waals surface area contributed by atoms with Crippen LogP contribution < -0.4 is 4.74 Å². The maximum Gasteiger partial charge on any atom is 0.123 e. The zero-order valence-electron chi connectivity index (χ0n) is 18.2. The van der Waals surface area contributed by atoms with Crippen LogP contribution in [0, 0.1) is 0 Å². The summed E-state index contributed by atoms with van der Waals surface area (Å²) in [5, 5.41) is 17.2. The second-order valence-corrected chi connectivity index (χ2v) is 8.05. The van der Waals surface area contributed by atoms with Gasteiger partial charge in [-0.2, -0.15) is 5.10 Å². The summed E-state index contributed by atoms with van der Waals surface area (Å²) in [5.41, 5.74) is 4.67. The first-order chi connectivity index (χ1) is 15.3. The predicted molar refractivity (Wildman–Crippen MR) is 123 cm³/mol. The second kappa shape index (κ2) is 10.6. The highest BCUT2D eigenvalue weighted by Crippen LogP contribution is 2.26. The molecular formula is C25H32N4O2. The minimum absolute atomic E-state index is 0.198. The molecule has 0 amide bonds. The average Bonchev–Trinajstić information content (AvgIpc) is 3.26. The van der Waals surface area contributed by atoms with E-state index in [9.17, 15) is 5.11 Å². The Hall–Kier alpha value is -2.67. The minimum atomic E-state index is 0.198. The number of benzene rings is 2. The van der Waals surface area contributed by atoms with E-state index in [-0.39, 0.29) is 6.61 Å². The summed E-state index contributed by atoms with van der Waals surface area (Å²) < 4.78 is 5.82. The monoisotopic (exact) mass is 420 g/mol. The van der Waals surface area contributed by atoms with E-state index in [4.69, 9.17) is 4.74 Å². The molecule has 0 saturated carbocycles. The first-order valence-electron chi connectivity index (χ1n) is 11.1. The summed E-state index contributed by atoms with van der Waals surface area (Å²) in [7, 11) is 0. The molecule has 1 aromatic heterocycles. The number of nitrogens with one attached hydrogen (secondary N) is 1. The van der Waals surface area contributed by atoms with E-state index in [1.165, 1.54) is 11.1 Å². The van der Waals surface area contributed by atoms with Gasteiger partial charge in [-0.05, 0) is 25.0 Å². The molecule has 6 nitrogen and oxygen atoms in total. The molecule has 1 atom stereocenters. The van der Waals surface area contributed by atoms with Gasteiger partial charge in [0.05, 0.1) is 18.5 Å². The van der Waals surface area contributed by atoms with Crippen molar-refractivity contribution in [2.75, 3.05) is 32.8 Å². The number of H-pyrrole nitrogens is 1. The summed E-state index contributed by atoms with van der Waals surface area (Å²) in [4.78, 5) is 4.96. The molecule has 0 radical (unpaired) electrons. The van der Waals surface area contributed by atoms with Gasteiger partial charge in [0.2, 0.25) is 0 Å². The molecule has 2 N–H and O–H groups in total. The summed E-state index contributed by atoms with van der Waals surface area (Å²) in [6.45, 7) is 7.45. The van der Waals surface area contributed by atoms with Crippen LogP contribution in [0.15, 0.2) is 60.8 Å². The number of aromatic nitrogens is 2. The normalized spacial score (nSPS) is 17.7. The number of rotatable bonds is 9. The molecule has 1 aliphatic rings. The average molecular weight is 421 g/mol. The quantitative estimate of drug-likeness (QED) is 0.554. The topological polar surface area (TPSA) is 64.6 Å². The van der Waals surface area contributed by atoms with Gasteiger partial charge in [-0.1, -0.05) is 48.5 Å². The Kier molecular flexibility index (Phi) is 7.35. The van der Waals surface area contributed by atoms with Crippen LogP contribution in [0.4, 0.5) is 0 Å². The predicted octanol–water partition coefficient (Wildman–Crippen LogP) is 3.54. The van der Waals surface area contributed by atoms with E-state index in [1.807, 2.05) is 31.3 Å². The molecule has 164 valence electrons. The standard InChI is InChI=1S/C25H32N4O2/c1-2-31-24-11-7-6-10-21(24)18-29-14-13-28(19-23(29)12-15-30)17-22-16-26-27-25(22)20-8-4-3-5-9-20/h3-11,16,23,30H,2,12-15,17-19H2,1H3,(H,26,27). The fourth-order valence-electron chi connectivity index (χ4n) is 4.41. The van der Waals surface area contributed by atoms with Crippen molar-refractivity contribution in [3.63, 3.8) is 0 Å². The third-order valence-corrected chi connectivity index (χ3v) is 5.97. The van der Waals surface area contributed by atoms with Crippen LogP contribution >= 0.6 is 0 Å². The second-order valence-electron chi connectivity index (χ2n) is 8.05. The molecule has 2 heterocycles. The van der Waals surface area contributed by atoms with Gasteiger partial charge < -0.3 is 9.84 Å². The molecule has 1 saturated heterocycles. The number of aliphatic hydroxyl groups is 1. The fraction of sp³-hybridized carbons (Fsp3) is 0.400. The van der Waals surface area contributed by atoms with E-state index >= 15 is 0 Å². The van der Waals surface area contributed by atoms with Gasteiger partial charge in [0.15, 0.2) is 0 Å². The molecule has 6 heteroatoms. The van der Waals surface area contributed by atoms with Crippen LogP contribution in [0.1, 0.15) is 24.5 Å². The summed E-state index contributed by atoms with van der Waals surface area (Å²) >= 11 is 0. The van der Waals surface area contributed by atoms with E-state index in [2.05, 4.69) is 56.4 Å². The lowest BCUT2D eigenvalue weighted by Gasteiger charge is -2.41. The Labute approximate surface area is 184 Å². The van der Waals surface area contributed by atoms with Gasteiger partial charge >= 0.3 is 0 Å². The third-order valence-electron chi connectivity index (χ3n) is 5.97. The van der Waals surface area contributed by atoms with Crippen LogP contribution in [-0.4, -0.2) is 64.0 Å². The SMILES string of the molecule is CCOc1ccccc1CN1CCN(Cc2cn[nH]c2-c2ccccc2)CC1CCO. The minimum Gasteiger partial charge on any atom is -0.494 e. The summed E-state index contributed by atoms with van der Waals surface area (Å²) in [6.07, 6.45) is 2.71. The van der Waals surface area contributed by atoms with Crippen molar-refractivity contribution >= 4 is 0 Å². The highest BCUT2D eigenvalue weighted by atomic mass is 16.5. The van der Waals surface area contributed by atoms with Crippen LogP contribution in [0.25, 0.3) is 11.3 Å². The third kappa shape index (κ3) is 5.34. The van der Waals surface area contributed by atoms with Crippen molar-refractivity contribution in [1.82, 2.24) is 20.0 Å². The highest BCUT2D eigenvalue weighted by Gasteiger charge is 2.28. The molecule has 0 aliphatic carbocycles. The molecular weight excluding hydrogens is 388 g/mol. The van der Waals surface area contributed by atoms with Gasteiger partial charge in [0, 0.05) is 56.5 Å². The van der Waals surface area contributed by atoms with Crippen molar-refractivity contribution in [2.45, 2.75) is 32.5 Å². The number of nitrogens with zero attached hydrogens (tertiary/aromatic N) is 3. The van der Waals surface area contributed by atoms with E-state index in [0.29, 0.717) is 12.6 Å². The number of ether oxygens (including phenoxy) is 1. The molecule has 1 unspecified atom stereocenters. The van der Waals surface area contributed by atoms with Crippen molar-refractivity contribution < 1.29 is 9.84 Å². The molecule has 0 bridgehead atoms. The number of piperazine rings is 1. The lowest BCUT2D eigenvalue weighted by molar-refractivity contribution is 0.0495. The van der Waals surface area contributed by atoms with Crippen molar-refractivity contribution in [2.24, 2.45) is 0 Å². The molecule has 2 aromatic carbocycles. The van der Waals surface area contributed by atoms with Crippen molar-refractivity contribution in [1.29, 1.82) is 0 Å². The van der Waals surface area contributed by atoms with Crippen molar-refractivity contribution in [3.05, 3.63) is 71.9 Å². The summed E-state index contributed by atoms with van der Waals surface area (Å²) in [5.74, 6) is 0.959. The van der Waals surface area contributed by atoms with Crippen LogP contribution in [0.5, 0.6) is 5.75 Å². The molecule has 1 aliphatic heterocycles. The maximum absolute atomic E-state index is 9.69. The van der Waals surface area contributed by atoms with Gasteiger partial charge in [0.25, 0.3) is 0 Å². The molecule has 3 aromatic rings. The van der Waals surface area contributed by atoms with Crippen LogP contribution in [0.3, 0.4) is 0 Å². The zero-order chi connectivity index (χ0) is 21.5. The largest absolute Gasteiger partial charge is 0.494 e. The van der Waals surface area contributed by atoms with Gasteiger partial charge in [0.1, 0.15) is 5.75 Å². The zero-order valence-corrected chi connectivity index (χ0v) is 18.2. The van der Waals surface area contributed by atoms with Crippen LogP contribution in [0.2, 0.25) is 0 Å². The number of aliphatic hydroxyl groups excluding tert-OH is 1. The number of aromatic amines is 1. The van der Waals surface area contributed by atoms with Gasteiger partial charge in [-0.3, -0.25) is 14.9 Å². The molecule has 31 heavy (non-hydrogen) atoms. The number of hydrogen-bond donors (Lipinski definition) is 2. The first-order valence-corrected chi connectivity index (χ1v) is 11.1. The summed E-state index contributed by atoms with van der Waals surface area (Å²) in [6, 6.07) is 18.9. The first kappa shape index (κ1) is 21.6. The van der Waals surface area contributed by atoms with Crippen LogP contribution in [-0.2, 0) is 13.1 Å². The number of hydrogen-bond acceptors (Lipinski definition) is 5. The lowest BCUT2D eigenvalue weighted by Crippen LogP contribution is -2.52. The Balaban J connectivity index is 1.44.